The van der Waals surface area contributed by atoms with Gasteiger partial charge in [0.15, 0.2) is 0 Å². The van der Waals surface area contributed by atoms with Gasteiger partial charge in [-0.05, 0) is 41.7 Å². The Hall–Kier alpha value is -0.600. The molecule has 0 aromatic heterocycles. The molecule has 1 nitrogen and oxygen atoms in total. The Kier molecular flexibility index (Phi) is 2.51. The summed E-state index contributed by atoms with van der Waals surface area (Å²) < 4.78 is 13.2. The van der Waals surface area contributed by atoms with Crippen LogP contribution >= 0.6 is 11.8 Å². The topological polar surface area (TPSA) is 12.0 Å². The monoisotopic (exact) mass is 199 g/mol. The molecule has 13 heavy (non-hydrogen) atoms. The van der Waals surface area contributed by atoms with Gasteiger partial charge in [-0.3, -0.25) is 0 Å². The summed E-state index contributed by atoms with van der Waals surface area (Å²) in [6.45, 7) is 0.764. The molecule has 1 fully saturated rings. The molecule has 1 aromatic carbocycles. The van der Waals surface area contributed by atoms with E-state index in [0.717, 1.165) is 18.5 Å². The highest BCUT2D eigenvalue weighted by atomic mass is 35.5. The molecular weight excluding hydrogens is 189 g/mol. The number of halogens is 2. The maximum absolute atomic E-state index is 13.2. The minimum atomic E-state index is -0.0930. The zero-order valence-electron chi connectivity index (χ0n) is 7.13. The Morgan fingerprint density at radius 1 is 1.46 bits per heavy atom. The molecule has 70 valence electrons. The van der Waals surface area contributed by atoms with Crippen molar-refractivity contribution in [3.05, 3.63) is 35.6 Å². The van der Waals surface area contributed by atoms with Crippen LogP contribution in [0.2, 0.25) is 0 Å². The van der Waals surface area contributed by atoms with E-state index in [9.17, 15) is 4.39 Å². The van der Waals surface area contributed by atoms with Gasteiger partial charge in [-0.1, -0.05) is 18.2 Å². The third kappa shape index (κ3) is 1.84. The van der Waals surface area contributed by atoms with Gasteiger partial charge >= 0.3 is 0 Å². The zero-order chi connectivity index (χ0) is 9.26. The Labute approximate surface area is 82.0 Å². The number of rotatable bonds is 3. The van der Waals surface area contributed by atoms with E-state index in [2.05, 4.69) is 4.84 Å². The van der Waals surface area contributed by atoms with Gasteiger partial charge in [-0.2, -0.15) is 0 Å². The van der Waals surface area contributed by atoms with Gasteiger partial charge in [0, 0.05) is 6.54 Å². The number of nitrogens with one attached hydrogen (secondary N) is 1. The van der Waals surface area contributed by atoms with Gasteiger partial charge in [0.05, 0.1) is 0 Å². The molecule has 2 rings (SSSR count). The molecular formula is C10H11ClFN. The van der Waals surface area contributed by atoms with E-state index in [1.54, 1.807) is 6.07 Å². The molecule has 2 atom stereocenters. The van der Waals surface area contributed by atoms with Crippen molar-refractivity contribution in [1.82, 2.24) is 4.84 Å². The fraction of sp³-hybridized carbons (Fsp3) is 0.400. The lowest BCUT2D eigenvalue weighted by molar-refractivity contribution is 0.605. The summed E-state index contributed by atoms with van der Waals surface area (Å²) in [6, 6.07) is 6.96. The standard InChI is InChI=1S/C10H11ClFN/c11-13-6-7-5-9(7)8-3-1-2-4-10(8)12/h1-4,7,9,13H,5-6H2. The van der Waals surface area contributed by atoms with Gasteiger partial charge < -0.3 is 0 Å². The molecule has 0 radical (unpaired) electrons. The van der Waals surface area contributed by atoms with Crippen LogP contribution in [-0.2, 0) is 0 Å². The van der Waals surface area contributed by atoms with Crippen LogP contribution in [0.1, 0.15) is 17.9 Å². The SMILES string of the molecule is Fc1ccccc1C1CC1CNCl. The lowest BCUT2D eigenvalue weighted by atomic mass is 10.1. The van der Waals surface area contributed by atoms with E-state index in [1.807, 2.05) is 12.1 Å². The lowest BCUT2D eigenvalue weighted by Gasteiger charge is -2.00. The van der Waals surface area contributed by atoms with Gasteiger partial charge in [-0.15, -0.1) is 0 Å². The fourth-order valence-corrected chi connectivity index (χ4v) is 1.93. The Bertz CT molecular complexity index is 303. The Morgan fingerprint density at radius 2 is 2.23 bits per heavy atom. The maximum atomic E-state index is 13.2. The van der Waals surface area contributed by atoms with Gasteiger partial charge in [0.2, 0.25) is 0 Å². The first-order valence-electron chi connectivity index (χ1n) is 4.41. The minimum Gasteiger partial charge on any atom is -0.233 e. The maximum Gasteiger partial charge on any atom is 0.126 e. The van der Waals surface area contributed by atoms with Crippen LogP contribution in [0.25, 0.3) is 0 Å². The quantitative estimate of drug-likeness (QED) is 0.739. The van der Waals surface area contributed by atoms with Crippen molar-refractivity contribution in [2.75, 3.05) is 6.54 Å². The molecule has 1 aliphatic rings. The molecule has 0 spiro atoms. The predicted octanol–water partition coefficient (Wildman–Crippen LogP) is 2.67. The first kappa shape index (κ1) is 8.97. The molecule has 3 heteroatoms. The number of hydrogen-bond acceptors (Lipinski definition) is 1. The van der Waals surface area contributed by atoms with Crippen molar-refractivity contribution in [2.45, 2.75) is 12.3 Å². The highest BCUT2D eigenvalue weighted by molar-refractivity contribution is 6.13. The summed E-state index contributed by atoms with van der Waals surface area (Å²) in [6.07, 6.45) is 1.04. The van der Waals surface area contributed by atoms with Crippen LogP contribution in [0.4, 0.5) is 4.39 Å². The van der Waals surface area contributed by atoms with Crippen LogP contribution in [-0.4, -0.2) is 6.54 Å². The van der Waals surface area contributed by atoms with Crippen molar-refractivity contribution in [3.8, 4) is 0 Å². The molecule has 0 amide bonds. The lowest BCUT2D eigenvalue weighted by Crippen LogP contribution is -2.04. The highest BCUT2D eigenvalue weighted by Gasteiger charge is 2.39. The summed E-state index contributed by atoms with van der Waals surface area (Å²) in [5, 5.41) is 0. The summed E-state index contributed by atoms with van der Waals surface area (Å²) in [5.74, 6) is 0.784. The number of hydrogen-bond donors (Lipinski definition) is 1. The molecule has 1 saturated carbocycles. The van der Waals surface area contributed by atoms with Crippen LogP contribution in [0.5, 0.6) is 0 Å². The first-order valence-corrected chi connectivity index (χ1v) is 4.78. The van der Waals surface area contributed by atoms with E-state index in [1.165, 1.54) is 6.07 Å². The third-order valence-electron chi connectivity index (χ3n) is 2.57. The second-order valence-electron chi connectivity index (χ2n) is 3.46. The Morgan fingerprint density at radius 3 is 2.92 bits per heavy atom. The van der Waals surface area contributed by atoms with Crippen LogP contribution in [0, 0.1) is 11.7 Å². The molecule has 0 heterocycles. The van der Waals surface area contributed by atoms with Gasteiger partial charge in [0.1, 0.15) is 5.82 Å². The van der Waals surface area contributed by atoms with Crippen molar-refractivity contribution in [3.63, 3.8) is 0 Å². The smallest absolute Gasteiger partial charge is 0.126 e. The van der Waals surface area contributed by atoms with Crippen LogP contribution < -0.4 is 4.84 Å². The molecule has 2 unspecified atom stereocenters. The molecule has 0 aliphatic heterocycles. The molecule has 0 bridgehead atoms. The van der Waals surface area contributed by atoms with Gasteiger partial charge in [-0.25, -0.2) is 9.23 Å². The molecule has 1 aliphatic carbocycles. The summed E-state index contributed by atoms with van der Waals surface area (Å²) in [7, 11) is 0. The first-order chi connectivity index (χ1) is 6.33. The van der Waals surface area contributed by atoms with Crippen LogP contribution in [0.3, 0.4) is 0 Å². The van der Waals surface area contributed by atoms with E-state index < -0.39 is 0 Å². The average Bonchev–Trinajstić information content (AvgIpc) is 2.86. The molecule has 1 N–H and O–H groups in total. The van der Waals surface area contributed by atoms with Crippen molar-refractivity contribution in [1.29, 1.82) is 0 Å². The molecule has 1 aromatic rings. The van der Waals surface area contributed by atoms with Crippen molar-refractivity contribution >= 4 is 11.8 Å². The highest BCUT2D eigenvalue weighted by Crippen LogP contribution is 2.47. The van der Waals surface area contributed by atoms with Crippen molar-refractivity contribution in [2.24, 2.45) is 5.92 Å². The molecule has 0 saturated heterocycles. The Balaban J connectivity index is 2.07. The van der Waals surface area contributed by atoms with E-state index in [4.69, 9.17) is 11.8 Å². The largest absolute Gasteiger partial charge is 0.233 e. The summed E-state index contributed by atoms with van der Waals surface area (Å²) in [4.78, 5) is 2.60. The summed E-state index contributed by atoms with van der Waals surface area (Å²) >= 11 is 5.39. The average molecular weight is 200 g/mol. The van der Waals surface area contributed by atoms with Crippen LogP contribution in [0.15, 0.2) is 24.3 Å². The fourth-order valence-electron chi connectivity index (χ4n) is 1.73. The van der Waals surface area contributed by atoms with E-state index >= 15 is 0 Å². The summed E-state index contributed by atoms with van der Waals surface area (Å²) in [5.41, 5.74) is 0.833. The van der Waals surface area contributed by atoms with E-state index in [0.29, 0.717) is 11.8 Å². The van der Waals surface area contributed by atoms with Crippen molar-refractivity contribution < 1.29 is 4.39 Å². The van der Waals surface area contributed by atoms with Gasteiger partial charge in [0.25, 0.3) is 0 Å². The number of benzene rings is 1. The third-order valence-corrected chi connectivity index (χ3v) is 2.72. The second-order valence-corrected chi connectivity index (χ2v) is 3.73. The second kappa shape index (κ2) is 3.64. The zero-order valence-corrected chi connectivity index (χ0v) is 7.89. The normalized spacial score (nSPS) is 26.0. The van der Waals surface area contributed by atoms with E-state index in [-0.39, 0.29) is 5.82 Å². The predicted molar refractivity (Wildman–Crippen MR) is 51.1 cm³/mol. The minimum absolute atomic E-state index is 0.0930.